The van der Waals surface area contributed by atoms with Crippen LogP contribution in [0.25, 0.3) is 6.08 Å². The van der Waals surface area contributed by atoms with Gasteiger partial charge in [0.15, 0.2) is 0 Å². The van der Waals surface area contributed by atoms with Crippen molar-refractivity contribution in [3.63, 3.8) is 0 Å². The van der Waals surface area contributed by atoms with Gasteiger partial charge in [0.05, 0.1) is 0 Å². The lowest BCUT2D eigenvalue weighted by Crippen LogP contribution is -2.05. The molecule has 20 heavy (non-hydrogen) atoms. The summed E-state index contributed by atoms with van der Waals surface area (Å²) >= 11 is 0. The maximum atomic E-state index is 11.1. The lowest BCUT2D eigenvalue weighted by atomic mass is 10.2. The summed E-state index contributed by atoms with van der Waals surface area (Å²) in [6.45, 7) is 1.71. The van der Waals surface area contributed by atoms with E-state index in [9.17, 15) is 9.59 Å². The Morgan fingerprint density at radius 3 is 2.50 bits per heavy atom. The third-order valence-corrected chi connectivity index (χ3v) is 2.30. The molecule has 1 aromatic carbocycles. The van der Waals surface area contributed by atoms with Gasteiger partial charge < -0.3 is 9.84 Å². The number of nitrogens with zero attached hydrogens (tertiary/aromatic N) is 1. The van der Waals surface area contributed by atoms with E-state index < -0.39 is 5.97 Å². The van der Waals surface area contributed by atoms with Gasteiger partial charge in [0.2, 0.25) is 0 Å². The summed E-state index contributed by atoms with van der Waals surface area (Å²) in [6.07, 6.45) is 4.64. The lowest BCUT2D eigenvalue weighted by molar-refractivity contribution is -0.134. The molecule has 0 saturated heterocycles. The molecule has 1 aromatic rings. The highest BCUT2D eigenvalue weighted by molar-refractivity contribution is 5.91. The molecule has 0 atom stereocenters. The lowest BCUT2D eigenvalue weighted by Gasteiger charge is -2.02. The molecular weight excluding hydrogens is 258 g/mol. The number of aliphatic carboxylic acids is 1. The van der Waals surface area contributed by atoms with Gasteiger partial charge in [0.1, 0.15) is 17.4 Å². The minimum absolute atomic E-state index is 0.304. The van der Waals surface area contributed by atoms with Gasteiger partial charge in [-0.25, -0.2) is 4.79 Å². The smallest absolute Gasteiger partial charge is 0.346 e. The van der Waals surface area contributed by atoms with E-state index in [1.54, 1.807) is 43.3 Å². The molecule has 0 fully saturated rings. The highest BCUT2D eigenvalue weighted by Crippen LogP contribution is 2.14. The zero-order valence-electron chi connectivity index (χ0n) is 10.9. The van der Waals surface area contributed by atoms with Crippen LogP contribution >= 0.6 is 0 Å². The van der Waals surface area contributed by atoms with Gasteiger partial charge >= 0.3 is 11.9 Å². The summed E-state index contributed by atoms with van der Waals surface area (Å²) in [5.41, 5.74) is 0.454. The monoisotopic (exact) mass is 271 g/mol. The Morgan fingerprint density at radius 1 is 1.35 bits per heavy atom. The van der Waals surface area contributed by atoms with Gasteiger partial charge in [-0.2, -0.15) is 5.26 Å². The molecule has 0 bridgehead atoms. The van der Waals surface area contributed by atoms with Gasteiger partial charge in [-0.05, 0) is 23.8 Å². The first-order chi connectivity index (χ1) is 9.56. The van der Waals surface area contributed by atoms with Gasteiger partial charge in [0, 0.05) is 6.42 Å². The Hall–Kier alpha value is -2.87. The number of allylic oxidation sites excluding steroid dienone is 2. The largest absolute Gasteiger partial charge is 0.477 e. The molecule has 102 valence electrons. The highest BCUT2D eigenvalue weighted by atomic mass is 16.5. The molecule has 5 heteroatoms. The number of carboxylic acids is 1. The van der Waals surface area contributed by atoms with Gasteiger partial charge in [-0.15, -0.1) is 0 Å². The van der Waals surface area contributed by atoms with Crippen molar-refractivity contribution < 1.29 is 19.4 Å². The van der Waals surface area contributed by atoms with Gasteiger partial charge in [-0.3, -0.25) is 4.79 Å². The summed E-state index contributed by atoms with van der Waals surface area (Å²) < 4.78 is 5.01. The van der Waals surface area contributed by atoms with E-state index in [0.717, 1.165) is 5.56 Å². The average Bonchev–Trinajstić information content (AvgIpc) is 2.44. The Morgan fingerprint density at radius 2 is 2.00 bits per heavy atom. The molecular formula is C15H13NO4. The second-order valence-electron chi connectivity index (χ2n) is 3.75. The maximum absolute atomic E-state index is 11.1. The van der Waals surface area contributed by atoms with Crippen LogP contribution in [-0.4, -0.2) is 17.0 Å². The molecule has 0 aromatic heterocycles. The summed E-state index contributed by atoms with van der Waals surface area (Å²) in [4.78, 5) is 21.7. The fourth-order valence-electron chi connectivity index (χ4n) is 1.26. The SMILES string of the molecule is CCC(=O)Oc1ccc(C=CC=C(C#N)C(=O)O)cc1. The highest BCUT2D eigenvalue weighted by Gasteiger charge is 2.03. The van der Waals surface area contributed by atoms with Crippen molar-refractivity contribution in [2.75, 3.05) is 0 Å². The van der Waals surface area contributed by atoms with Crippen molar-refractivity contribution in [2.24, 2.45) is 0 Å². The maximum Gasteiger partial charge on any atom is 0.346 e. The molecule has 1 rings (SSSR count). The molecule has 0 unspecified atom stereocenters. The van der Waals surface area contributed by atoms with Crippen molar-refractivity contribution >= 4 is 18.0 Å². The van der Waals surface area contributed by atoms with Crippen LogP contribution in [0.15, 0.2) is 42.0 Å². The Bertz CT molecular complexity index is 591. The average molecular weight is 271 g/mol. The number of hydrogen-bond acceptors (Lipinski definition) is 4. The Kier molecular flexibility index (Phi) is 5.73. The first kappa shape index (κ1) is 15.2. The van der Waals surface area contributed by atoms with Gasteiger partial charge in [0.25, 0.3) is 0 Å². The molecule has 0 aliphatic carbocycles. The van der Waals surface area contributed by atoms with Gasteiger partial charge in [-0.1, -0.05) is 31.2 Å². The number of carbonyl (C=O) groups is 2. The molecule has 0 saturated carbocycles. The topological polar surface area (TPSA) is 87.4 Å². The molecule has 0 spiro atoms. The van der Waals surface area contributed by atoms with Crippen LogP contribution in [0.4, 0.5) is 0 Å². The first-order valence-electron chi connectivity index (χ1n) is 5.89. The van der Waals surface area contributed by atoms with Crippen LogP contribution in [-0.2, 0) is 9.59 Å². The van der Waals surface area contributed by atoms with Crippen molar-refractivity contribution in [1.29, 1.82) is 5.26 Å². The molecule has 5 nitrogen and oxygen atoms in total. The number of ether oxygens (including phenoxy) is 1. The fourth-order valence-corrected chi connectivity index (χ4v) is 1.26. The molecule has 0 heterocycles. The number of carboxylic acid groups (broad SMARTS) is 1. The molecule has 0 aliphatic heterocycles. The second kappa shape index (κ2) is 7.54. The third-order valence-electron chi connectivity index (χ3n) is 2.30. The number of esters is 1. The van der Waals surface area contributed by atoms with E-state index >= 15 is 0 Å². The quantitative estimate of drug-likeness (QED) is 0.292. The molecule has 0 radical (unpaired) electrons. The minimum atomic E-state index is -1.26. The van der Waals surface area contributed by atoms with Crippen LogP contribution < -0.4 is 4.74 Å². The van der Waals surface area contributed by atoms with E-state index in [2.05, 4.69) is 0 Å². The van der Waals surface area contributed by atoms with Crippen LogP contribution in [0.1, 0.15) is 18.9 Å². The van der Waals surface area contributed by atoms with Crippen molar-refractivity contribution in [3.05, 3.63) is 47.6 Å². The fraction of sp³-hybridized carbons (Fsp3) is 0.133. The molecule has 0 amide bonds. The Balaban J connectivity index is 2.73. The van der Waals surface area contributed by atoms with E-state index in [1.165, 1.54) is 12.2 Å². The zero-order chi connectivity index (χ0) is 15.0. The van der Waals surface area contributed by atoms with E-state index in [1.807, 2.05) is 0 Å². The normalized spacial score (nSPS) is 11.1. The van der Waals surface area contributed by atoms with E-state index in [4.69, 9.17) is 15.1 Å². The molecule has 0 aliphatic rings. The van der Waals surface area contributed by atoms with Crippen molar-refractivity contribution in [3.8, 4) is 11.8 Å². The van der Waals surface area contributed by atoms with Crippen LogP contribution in [0.5, 0.6) is 5.75 Å². The van der Waals surface area contributed by atoms with Crippen LogP contribution in [0, 0.1) is 11.3 Å². The van der Waals surface area contributed by atoms with Crippen LogP contribution in [0.2, 0.25) is 0 Å². The van der Waals surface area contributed by atoms with Crippen molar-refractivity contribution in [1.82, 2.24) is 0 Å². The van der Waals surface area contributed by atoms with Crippen LogP contribution in [0.3, 0.4) is 0 Å². The number of hydrogen-bond donors (Lipinski definition) is 1. The summed E-state index contributed by atoms with van der Waals surface area (Å²) in [5.74, 6) is -1.12. The predicted octanol–water partition coefficient (Wildman–Crippen LogP) is 2.55. The first-order valence-corrected chi connectivity index (χ1v) is 5.89. The third kappa shape index (κ3) is 4.78. The summed E-state index contributed by atoms with van der Waals surface area (Å²) in [5, 5.41) is 17.2. The van der Waals surface area contributed by atoms with E-state index in [0.29, 0.717) is 12.2 Å². The molecule has 1 N–H and O–H groups in total. The zero-order valence-corrected chi connectivity index (χ0v) is 10.9. The van der Waals surface area contributed by atoms with Crippen molar-refractivity contribution in [2.45, 2.75) is 13.3 Å². The second-order valence-corrected chi connectivity index (χ2v) is 3.75. The minimum Gasteiger partial charge on any atom is -0.477 e. The number of nitriles is 1. The standard InChI is InChI=1S/C15H13NO4/c1-2-14(17)20-13-8-6-11(7-9-13)4-3-5-12(10-16)15(18)19/h3-9H,2H2,1H3,(H,18,19). The Labute approximate surface area is 116 Å². The summed E-state index contributed by atoms with van der Waals surface area (Å²) in [6, 6.07) is 8.29. The van der Waals surface area contributed by atoms with E-state index in [-0.39, 0.29) is 11.5 Å². The summed E-state index contributed by atoms with van der Waals surface area (Å²) in [7, 11) is 0. The number of carbonyl (C=O) groups excluding carboxylic acids is 1. The predicted molar refractivity (Wildman–Crippen MR) is 72.7 cm³/mol. The number of benzene rings is 1. The number of rotatable bonds is 5.